The molecule has 1 aliphatic heterocycles. The molecule has 1 aromatic carbocycles. The zero-order chi connectivity index (χ0) is 17.6. The minimum Gasteiger partial charge on any atom is -0.369 e. The molecule has 2 aliphatic rings. The number of carbonyl (C=O) groups excluding carboxylic acids is 2. The molecule has 3 rings (SSSR count). The fourth-order valence-corrected chi connectivity index (χ4v) is 3.30. The number of hydrogen-bond donors (Lipinski definition) is 3. The van der Waals surface area contributed by atoms with Crippen LogP contribution in [0.25, 0.3) is 0 Å². The van der Waals surface area contributed by atoms with Gasteiger partial charge in [-0.2, -0.15) is 0 Å². The van der Waals surface area contributed by atoms with E-state index in [1.165, 1.54) is 18.4 Å². The van der Waals surface area contributed by atoms with Crippen molar-refractivity contribution in [3.63, 3.8) is 0 Å². The summed E-state index contributed by atoms with van der Waals surface area (Å²) in [6.07, 6.45) is 4.47. The van der Waals surface area contributed by atoms with E-state index in [9.17, 15) is 9.59 Å². The molecule has 27 heavy (non-hydrogen) atoms. The SMILES string of the molecule is Cl.Cl.NC(=O)C1CCCN(Cc2ccc(NC(=O)CNCC3CC3)cc2)C1. The van der Waals surface area contributed by atoms with Crippen LogP contribution in [0.3, 0.4) is 0 Å². The average molecular weight is 417 g/mol. The number of rotatable bonds is 8. The number of benzene rings is 1. The number of likely N-dealkylation sites (tertiary alicyclic amines) is 1. The topological polar surface area (TPSA) is 87.5 Å². The second-order valence-electron chi connectivity index (χ2n) is 7.30. The van der Waals surface area contributed by atoms with Gasteiger partial charge in [-0.1, -0.05) is 12.1 Å². The number of nitrogens with one attached hydrogen (secondary N) is 2. The second kappa shape index (κ2) is 11.5. The van der Waals surface area contributed by atoms with Crippen LogP contribution in [0.4, 0.5) is 5.69 Å². The molecule has 2 amide bonds. The Labute approximate surface area is 173 Å². The van der Waals surface area contributed by atoms with Gasteiger partial charge in [0.15, 0.2) is 0 Å². The Hall–Kier alpha value is -1.34. The number of carbonyl (C=O) groups is 2. The van der Waals surface area contributed by atoms with Crippen molar-refractivity contribution in [1.82, 2.24) is 10.2 Å². The summed E-state index contributed by atoms with van der Waals surface area (Å²) in [6, 6.07) is 7.93. The number of amides is 2. The van der Waals surface area contributed by atoms with Crippen molar-refractivity contribution in [2.45, 2.75) is 32.2 Å². The number of nitrogens with zero attached hydrogens (tertiary/aromatic N) is 1. The Morgan fingerprint density at radius 2 is 1.81 bits per heavy atom. The maximum Gasteiger partial charge on any atom is 0.238 e. The third kappa shape index (κ3) is 8.05. The van der Waals surface area contributed by atoms with E-state index >= 15 is 0 Å². The summed E-state index contributed by atoms with van der Waals surface area (Å²) < 4.78 is 0. The molecular formula is C19H30Cl2N4O2. The van der Waals surface area contributed by atoms with E-state index < -0.39 is 0 Å². The summed E-state index contributed by atoms with van der Waals surface area (Å²) in [7, 11) is 0. The van der Waals surface area contributed by atoms with E-state index in [4.69, 9.17) is 5.73 Å². The van der Waals surface area contributed by atoms with Crippen molar-refractivity contribution in [3.05, 3.63) is 29.8 Å². The van der Waals surface area contributed by atoms with Crippen LogP contribution in [-0.2, 0) is 16.1 Å². The highest BCUT2D eigenvalue weighted by Crippen LogP contribution is 2.27. The third-order valence-corrected chi connectivity index (χ3v) is 4.97. The van der Waals surface area contributed by atoms with Crippen molar-refractivity contribution in [2.24, 2.45) is 17.6 Å². The quantitative estimate of drug-likeness (QED) is 0.605. The van der Waals surface area contributed by atoms with Crippen molar-refractivity contribution in [1.29, 1.82) is 0 Å². The number of halogens is 2. The Balaban J connectivity index is 0.00000182. The van der Waals surface area contributed by atoms with Gasteiger partial charge in [-0.25, -0.2) is 0 Å². The first-order chi connectivity index (χ1) is 12.1. The lowest BCUT2D eigenvalue weighted by Gasteiger charge is -2.31. The molecule has 1 heterocycles. The van der Waals surface area contributed by atoms with Crippen LogP contribution in [0.2, 0.25) is 0 Å². The average Bonchev–Trinajstić information content (AvgIpc) is 3.41. The van der Waals surface area contributed by atoms with Crippen LogP contribution in [-0.4, -0.2) is 42.9 Å². The third-order valence-electron chi connectivity index (χ3n) is 4.97. The van der Waals surface area contributed by atoms with Crippen LogP contribution < -0.4 is 16.4 Å². The van der Waals surface area contributed by atoms with E-state index in [1.807, 2.05) is 24.3 Å². The number of hydrogen-bond acceptors (Lipinski definition) is 4. The van der Waals surface area contributed by atoms with Crippen molar-refractivity contribution in [3.8, 4) is 0 Å². The van der Waals surface area contributed by atoms with Crippen LogP contribution in [0.15, 0.2) is 24.3 Å². The molecule has 2 fully saturated rings. The van der Waals surface area contributed by atoms with Gasteiger partial charge in [0.25, 0.3) is 0 Å². The van der Waals surface area contributed by atoms with E-state index in [2.05, 4.69) is 15.5 Å². The zero-order valence-corrected chi connectivity index (χ0v) is 17.1. The lowest BCUT2D eigenvalue weighted by molar-refractivity contribution is -0.123. The molecule has 1 saturated heterocycles. The van der Waals surface area contributed by atoms with Gasteiger partial charge in [-0.3, -0.25) is 14.5 Å². The van der Waals surface area contributed by atoms with Gasteiger partial charge in [0.1, 0.15) is 0 Å². The fraction of sp³-hybridized carbons (Fsp3) is 0.579. The first-order valence-corrected chi connectivity index (χ1v) is 9.21. The van der Waals surface area contributed by atoms with Crippen molar-refractivity contribution >= 4 is 42.3 Å². The van der Waals surface area contributed by atoms with Crippen LogP contribution in [0.5, 0.6) is 0 Å². The Morgan fingerprint density at radius 1 is 1.11 bits per heavy atom. The van der Waals surface area contributed by atoms with Crippen LogP contribution >= 0.6 is 24.8 Å². The lowest BCUT2D eigenvalue weighted by atomic mass is 9.97. The molecular weight excluding hydrogens is 387 g/mol. The summed E-state index contributed by atoms with van der Waals surface area (Å²) in [6.45, 7) is 3.84. The van der Waals surface area contributed by atoms with Gasteiger partial charge in [-0.15, -0.1) is 24.8 Å². The highest BCUT2D eigenvalue weighted by Gasteiger charge is 2.23. The van der Waals surface area contributed by atoms with Crippen molar-refractivity contribution in [2.75, 3.05) is 31.5 Å². The minimum atomic E-state index is -0.196. The minimum absolute atomic E-state index is 0. The zero-order valence-electron chi connectivity index (χ0n) is 15.5. The largest absolute Gasteiger partial charge is 0.369 e. The standard InChI is InChI=1S/C19H28N4O2.2ClH/c20-19(25)16-2-1-9-23(13-16)12-15-5-7-17(8-6-15)22-18(24)11-21-10-14-3-4-14;;/h5-8,14,16,21H,1-4,9-13H2,(H2,20,25)(H,22,24);2*1H. The van der Waals surface area contributed by atoms with Gasteiger partial charge < -0.3 is 16.4 Å². The fourth-order valence-electron chi connectivity index (χ4n) is 3.30. The smallest absolute Gasteiger partial charge is 0.238 e. The summed E-state index contributed by atoms with van der Waals surface area (Å²) >= 11 is 0. The number of piperidine rings is 1. The maximum absolute atomic E-state index is 11.9. The molecule has 8 heteroatoms. The van der Waals surface area contributed by atoms with Crippen LogP contribution in [0, 0.1) is 11.8 Å². The molecule has 4 N–H and O–H groups in total. The summed E-state index contributed by atoms with van der Waals surface area (Å²) in [4.78, 5) is 25.5. The normalized spacial score (nSPS) is 19.5. The van der Waals surface area contributed by atoms with E-state index in [0.717, 1.165) is 50.6 Å². The van der Waals surface area contributed by atoms with Crippen molar-refractivity contribution < 1.29 is 9.59 Å². The van der Waals surface area contributed by atoms with Gasteiger partial charge in [0.05, 0.1) is 12.5 Å². The van der Waals surface area contributed by atoms with Gasteiger partial charge in [-0.05, 0) is 62.4 Å². The highest BCUT2D eigenvalue weighted by molar-refractivity contribution is 5.92. The summed E-state index contributed by atoms with van der Waals surface area (Å²) in [5.74, 6) is 0.540. The molecule has 152 valence electrons. The second-order valence-corrected chi connectivity index (χ2v) is 7.30. The molecule has 1 aromatic rings. The Kier molecular flexibility index (Phi) is 10.1. The molecule has 0 bridgehead atoms. The molecule has 0 aromatic heterocycles. The molecule has 1 atom stereocenters. The van der Waals surface area contributed by atoms with E-state index in [0.29, 0.717) is 6.54 Å². The maximum atomic E-state index is 11.9. The Morgan fingerprint density at radius 3 is 2.44 bits per heavy atom. The predicted octanol–water partition coefficient (Wildman–Crippen LogP) is 2.17. The molecule has 1 saturated carbocycles. The predicted molar refractivity (Wildman–Crippen MR) is 112 cm³/mol. The molecule has 1 unspecified atom stereocenters. The van der Waals surface area contributed by atoms with Gasteiger partial charge in [0, 0.05) is 18.8 Å². The molecule has 0 spiro atoms. The first kappa shape index (κ1) is 23.7. The molecule has 0 radical (unpaired) electrons. The summed E-state index contributed by atoms with van der Waals surface area (Å²) in [5, 5.41) is 6.10. The van der Waals surface area contributed by atoms with Gasteiger partial charge in [0.2, 0.25) is 11.8 Å². The number of primary amides is 1. The molecule has 6 nitrogen and oxygen atoms in total. The van der Waals surface area contributed by atoms with Crippen LogP contribution in [0.1, 0.15) is 31.2 Å². The number of nitrogens with two attached hydrogens (primary N) is 1. The Bertz CT molecular complexity index is 608. The lowest BCUT2D eigenvalue weighted by Crippen LogP contribution is -2.40. The van der Waals surface area contributed by atoms with E-state index in [1.54, 1.807) is 0 Å². The summed E-state index contributed by atoms with van der Waals surface area (Å²) in [5.41, 5.74) is 7.42. The number of anilines is 1. The first-order valence-electron chi connectivity index (χ1n) is 9.21. The highest BCUT2D eigenvalue weighted by atomic mass is 35.5. The van der Waals surface area contributed by atoms with Gasteiger partial charge >= 0.3 is 0 Å². The monoisotopic (exact) mass is 416 g/mol. The molecule has 1 aliphatic carbocycles. The van der Waals surface area contributed by atoms with E-state index in [-0.39, 0.29) is 42.5 Å².